The summed E-state index contributed by atoms with van der Waals surface area (Å²) < 4.78 is 12.2. The highest BCUT2D eigenvalue weighted by atomic mass is 16.6. The first-order valence-electron chi connectivity index (χ1n) is 11.0. The molecule has 0 aliphatic heterocycles. The summed E-state index contributed by atoms with van der Waals surface area (Å²) in [5, 5.41) is 20.5. The Kier molecular flexibility index (Phi) is 2.56. The van der Waals surface area contributed by atoms with Crippen molar-refractivity contribution in [2.24, 2.45) is 40.4 Å². The monoisotopic (exact) mass is 374 g/mol. The molecule has 0 aromatic heterocycles. The van der Waals surface area contributed by atoms with Crippen LogP contribution in [0.1, 0.15) is 58.3 Å². The van der Waals surface area contributed by atoms with Gasteiger partial charge in [-0.25, -0.2) is 4.79 Å². The molecule has 10 atom stereocenters. The van der Waals surface area contributed by atoms with Gasteiger partial charge in [0, 0.05) is 29.8 Å². The molecule has 0 aromatic carbocycles. The van der Waals surface area contributed by atoms with E-state index in [-0.39, 0.29) is 34.6 Å². The Bertz CT molecular complexity index is 768. The normalized spacial score (nSPS) is 64.9. The number of fused-ring (bicyclic) bond motifs is 1. The lowest BCUT2D eigenvalue weighted by Crippen LogP contribution is -2.68. The van der Waals surface area contributed by atoms with Crippen LogP contribution in [-0.4, -0.2) is 46.2 Å². The standard InChI is InChI=1S/C22H30O5/c1-2-14-13-5-22(10-20(22)9-19(14,11-23)17(13)20)26-7-16(24)27-21-4-12-3-18(25,8-21)6-15(12)21/h12-15,17,23,25H,2-11H2,1H3. The van der Waals surface area contributed by atoms with Crippen LogP contribution in [0.4, 0.5) is 0 Å². The lowest BCUT2D eigenvalue weighted by molar-refractivity contribution is -0.256. The number of hydrogen-bond donors (Lipinski definition) is 2. The molecule has 7 saturated carbocycles. The molecule has 0 radical (unpaired) electrons. The fourth-order valence-corrected chi connectivity index (χ4v) is 10.3. The van der Waals surface area contributed by atoms with Crippen molar-refractivity contribution in [1.29, 1.82) is 0 Å². The minimum absolute atomic E-state index is 0.0572. The average molecular weight is 374 g/mol. The molecule has 2 N–H and O–H groups in total. The summed E-state index contributed by atoms with van der Waals surface area (Å²) in [5.41, 5.74) is -0.654. The van der Waals surface area contributed by atoms with Crippen LogP contribution in [0.2, 0.25) is 0 Å². The van der Waals surface area contributed by atoms with E-state index in [1.54, 1.807) is 0 Å². The first-order valence-corrected chi connectivity index (χ1v) is 11.0. The van der Waals surface area contributed by atoms with Crippen LogP contribution in [0.5, 0.6) is 0 Å². The van der Waals surface area contributed by atoms with Crippen LogP contribution in [0.25, 0.3) is 0 Å². The summed E-state index contributed by atoms with van der Waals surface area (Å²) in [4.78, 5) is 12.6. The summed E-state index contributed by atoms with van der Waals surface area (Å²) >= 11 is 0. The first-order chi connectivity index (χ1) is 12.9. The molecule has 148 valence electrons. The molecule has 7 rings (SSSR count). The van der Waals surface area contributed by atoms with Crippen LogP contribution in [0.3, 0.4) is 0 Å². The van der Waals surface area contributed by atoms with Crippen molar-refractivity contribution >= 4 is 5.97 Å². The fraction of sp³-hybridized carbons (Fsp3) is 0.955. The smallest absolute Gasteiger partial charge is 0.332 e. The second-order valence-electron chi connectivity index (χ2n) is 11.5. The van der Waals surface area contributed by atoms with Crippen molar-refractivity contribution in [3.63, 3.8) is 0 Å². The Morgan fingerprint density at radius 3 is 2.67 bits per heavy atom. The van der Waals surface area contributed by atoms with Gasteiger partial charge in [-0.1, -0.05) is 13.3 Å². The van der Waals surface area contributed by atoms with Gasteiger partial charge in [0.2, 0.25) is 0 Å². The molecule has 5 nitrogen and oxygen atoms in total. The zero-order valence-electron chi connectivity index (χ0n) is 16.1. The number of aliphatic hydroxyl groups is 2. The van der Waals surface area contributed by atoms with Gasteiger partial charge in [0.25, 0.3) is 0 Å². The van der Waals surface area contributed by atoms with Crippen molar-refractivity contribution in [3.05, 3.63) is 0 Å². The SMILES string of the molecule is CCC1C2CC3(OCC(=O)OC45CC6CC(O)(CC64)C5)CC34CC1(CO)C24. The molecule has 10 unspecified atom stereocenters. The highest BCUT2D eigenvalue weighted by Gasteiger charge is 2.93. The van der Waals surface area contributed by atoms with Gasteiger partial charge in [-0.3, -0.25) is 0 Å². The second-order valence-corrected chi connectivity index (χ2v) is 11.5. The fourth-order valence-electron chi connectivity index (χ4n) is 10.3. The maximum Gasteiger partial charge on any atom is 0.332 e. The van der Waals surface area contributed by atoms with Gasteiger partial charge in [0.1, 0.15) is 12.2 Å². The van der Waals surface area contributed by atoms with Gasteiger partial charge in [-0.05, 0) is 62.2 Å². The summed E-state index contributed by atoms with van der Waals surface area (Å²) in [6.45, 7) is 2.62. The largest absolute Gasteiger partial charge is 0.457 e. The van der Waals surface area contributed by atoms with Crippen molar-refractivity contribution < 1.29 is 24.5 Å². The number of rotatable bonds is 6. The Balaban J connectivity index is 1.02. The number of aliphatic hydroxyl groups excluding tert-OH is 1. The van der Waals surface area contributed by atoms with Crippen molar-refractivity contribution in [3.8, 4) is 0 Å². The molecule has 0 saturated heterocycles. The number of carbonyl (C=O) groups excluding carboxylic acids is 1. The predicted molar refractivity (Wildman–Crippen MR) is 94.5 cm³/mol. The van der Waals surface area contributed by atoms with E-state index in [0.717, 1.165) is 44.9 Å². The highest BCUT2D eigenvalue weighted by molar-refractivity contribution is 5.72. The van der Waals surface area contributed by atoms with Crippen LogP contribution in [-0.2, 0) is 14.3 Å². The van der Waals surface area contributed by atoms with E-state index in [9.17, 15) is 15.0 Å². The number of ether oxygens (including phenoxy) is 2. The van der Waals surface area contributed by atoms with E-state index >= 15 is 0 Å². The van der Waals surface area contributed by atoms with E-state index in [4.69, 9.17) is 9.47 Å². The topological polar surface area (TPSA) is 76.0 Å². The number of carbonyl (C=O) groups is 1. The van der Waals surface area contributed by atoms with Gasteiger partial charge in [-0.2, -0.15) is 0 Å². The molecular weight excluding hydrogens is 344 g/mol. The van der Waals surface area contributed by atoms with E-state index in [1.165, 1.54) is 0 Å². The maximum atomic E-state index is 12.6. The van der Waals surface area contributed by atoms with E-state index < -0.39 is 5.60 Å². The average Bonchev–Trinajstić information content (AvgIpc) is 3.02. The predicted octanol–water partition coefficient (Wildman–Crippen LogP) is 2.04. The molecule has 27 heavy (non-hydrogen) atoms. The molecule has 7 fully saturated rings. The zero-order valence-corrected chi connectivity index (χ0v) is 16.1. The van der Waals surface area contributed by atoms with Crippen LogP contribution in [0, 0.1) is 40.4 Å². The molecule has 2 bridgehead atoms. The zero-order chi connectivity index (χ0) is 18.4. The van der Waals surface area contributed by atoms with Crippen molar-refractivity contribution in [2.75, 3.05) is 13.2 Å². The Morgan fingerprint density at radius 2 is 2.00 bits per heavy atom. The third-order valence-electron chi connectivity index (χ3n) is 10.7. The summed E-state index contributed by atoms with van der Waals surface area (Å²) in [7, 11) is 0. The quantitative estimate of drug-likeness (QED) is 0.696. The molecule has 7 aliphatic rings. The van der Waals surface area contributed by atoms with Gasteiger partial charge in [-0.15, -0.1) is 0 Å². The molecule has 0 aromatic rings. The summed E-state index contributed by atoms with van der Waals surface area (Å²) in [6.07, 6.45) is 7.64. The molecule has 1 spiro atoms. The lowest BCUT2D eigenvalue weighted by Gasteiger charge is -2.70. The Labute approximate surface area is 159 Å². The number of esters is 1. The molecule has 7 aliphatic carbocycles. The van der Waals surface area contributed by atoms with E-state index in [2.05, 4.69) is 6.92 Å². The summed E-state index contributed by atoms with van der Waals surface area (Å²) in [5.74, 6) is 2.65. The number of hydrogen-bond acceptors (Lipinski definition) is 5. The van der Waals surface area contributed by atoms with Crippen molar-refractivity contribution in [2.45, 2.75) is 75.1 Å². The van der Waals surface area contributed by atoms with Crippen LogP contribution < -0.4 is 0 Å². The third-order valence-corrected chi connectivity index (χ3v) is 10.7. The van der Waals surface area contributed by atoms with Crippen molar-refractivity contribution in [1.82, 2.24) is 0 Å². The van der Waals surface area contributed by atoms with Gasteiger partial charge >= 0.3 is 5.97 Å². The van der Waals surface area contributed by atoms with Gasteiger partial charge in [0.15, 0.2) is 0 Å². The van der Waals surface area contributed by atoms with E-state index in [0.29, 0.717) is 42.6 Å². The lowest BCUT2D eigenvalue weighted by atomic mass is 9.34. The Hall–Kier alpha value is -0.650. The highest BCUT2D eigenvalue weighted by Crippen LogP contribution is 2.94. The second kappa shape index (κ2) is 4.27. The first kappa shape index (κ1) is 16.2. The molecular formula is C22H30O5. The minimum Gasteiger partial charge on any atom is -0.457 e. The van der Waals surface area contributed by atoms with Gasteiger partial charge < -0.3 is 19.7 Å². The van der Waals surface area contributed by atoms with E-state index in [1.807, 2.05) is 0 Å². The minimum atomic E-state index is -0.576. The maximum absolute atomic E-state index is 12.6. The van der Waals surface area contributed by atoms with Gasteiger partial charge in [0.05, 0.1) is 11.2 Å². The van der Waals surface area contributed by atoms with Crippen LogP contribution in [0.15, 0.2) is 0 Å². The molecule has 5 heteroatoms. The Morgan fingerprint density at radius 1 is 1.15 bits per heavy atom. The third kappa shape index (κ3) is 1.49. The molecule has 0 heterocycles. The summed E-state index contributed by atoms with van der Waals surface area (Å²) in [6, 6.07) is 0. The molecule has 0 amide bonds. The van der Waals surface area contributed by atoms with Crippen LogP contribution >= 0.6 is 0 Å².